The second-order valence-corrected chi connectivity index (χ2v) is 5.59. The van der Waals surface area contributed by atoms with Crippen LogP contribution in [0.4, 0.5) is 5.69 Å². The molecule has 0 atom stereocenters. The number of nitrogens with zero attached hydrogens (tertiary/aromatic N) is 1. The lowest BCUT2D eigenvalue weighted by Gasteiger charge is -2.20. The summed E-state index contributed by atoms with van der Waals surface area (Å²) in [6, 6.07) is 3.54. The third kappa shape index (κ3) is 2.61. The first-order chi connectivity index (χ1) is 10.1. The van der Waals surface area contributed by atoms with Gasteiger partial charge in [0.1, 0.15) is 13.2 Å². The van der Waals surface area contributed by atoms with Crippen molar-refractivity contribution in [2.24, 2.45) is 0 Å². The smallest absolute Gasteiger partial charge is 0.259 e. The molecule has 1 aliphatic rings. The van der Waals surface area contributed by atoms with Gasteiger partial charge in [0.15, 0.2) is 11.5 Å². The number of anilines is 1. The lowest BCUT2D eigenvalue weighted by Crippen LogP contribution is -2.17. The molecule has 21 heavy (non-hydrogen) atoms. The summed E-state index contributed by atoms with van der Waals surface area (Å²) in [5.41, 5.74) is 2.58. The number of halogens is 1. The Bertz CT molecular complexity index is 692. The average molecular weight is 352 g/mol. The van der Waals surface area contributed by atoms with Crippen molar-refractivity contribution < 1.29 is 14.3 Å². The van der Waals surface area contributed by atoms with Crippen molar-refractivity contribution in [1.82, 2.24) is 10.2 Å². The Balaban J connectivity index is 1.90. The van der Waals surface area contributed by atoms with Gasteiger partial charge < -0.3 is 14.8 Å². The molecule has 0 aliphatic carbocycles. The van der Waals surface area contributed by atoms with E-state index in [2.05, 4.69) is 31.4 Å². The van der Waals surface area contributed by atoms with Crippen LogP contribution in [0, 0.1) is 13.8 Å². The highest BCUT2D eigenvalue weighted by Crippen LogP contribution is 2.38. The van der Waals surface area contributed by atoms with Crippen molar-refractivity contribution in [2.75, 3.05) is 18.5 Å². The van der Waals surface area contributed by atoms with Gasteiger partial charge in [0, 0.05) is 22.3 Å². The number of benzene rings is 1. The molecule has 1 aromatic carbocycles. The summed E-state index contributed by atoms with van der Waals surface area (Å²) in [4.78, 5) is 12.4. The quantitative estimate of drug-likeness (QED) is 0.872. The maximum Gasteiger partial charge on any atom is 0.259 e. The molecular weight excluding hydrogens is 338 g/mol. The van der Waals surface area contributed by atoms with E-state index in [0.717, 1.165) is 10.2 Å². The second-order valence-electron chi connectivity index (χ2n) is 4.74. The van der Waals surface area contributed by atoms with E-state index in [-0.39, 0.29) is 5.91 Å². The van der Waals surface area contributed by atoms with Crippen LogP contribution >= 0.6 is 15.9 Å². The van der Waals surface area contributed by atoms with E-state index >= 15 is 0 Å². The van der Waals surface area contributed by atoms with Gasteiger partial charge in [-0.3, -0.25) is 9.89 Å². The molecule has 1 aliphatic heterocycles. The lowest BCUT2D eigenvalue weighted by molar-refractivity contribution is 0.102. The topological polar surface area (TPSA) is 76.2 Å². The highest BCUT2D eigenvalue weighted by atomic mass is 79.9. The van der Waals surface area contributed by atoms with Crippen molar-refractivity contribution in [3.8, 4) is 11.5 Å². The van der Waals surface area contributed by atoms with Gasteiger partial charge in [-0.2, -0.15) is 5.10 Å². The number of aryl methyl sites for hydroxylation is 2. The minimum Gasteiger partial charge on any atom is -0.486 e. The normalized spacial score (nSPS) is 13.1. The van der Waals surface area contributed by atoms with E-state index < -0.39 is 0 Å². The maximum absolute atomic E-state index is 12.4. The molecule has 0 bridgehead atoms. The molecule has 2 aromatic rings. The zero-order chi connectivity index (χ0) is 15.0. The Morgan fingerprint density at radius 2 is 1.95 bits per heavy atom. The largest absolute Gasteiger partial charge is 0.486 e. The molecule has 2 heterocycles. The van der Waals surface area contributed by atoms with Crippen molar-refractivity contribution in [2.45, 2.75) is 13.8 Å². The molecule has 0 unspecified atom stereocenters. The van der Waals surface area contributed by atoms with Crippen LogP contribution in [0.15, 0.2) is 16.6 Å². The molecule has 110 valence electrons. The monoisotopic (exact) mass is 351 g/mol. The minimum atomic E-state index is -0.212. The van der Waals surface area contributed by atoms with Crippen LogP contribution in [0.2, 0.25) is 0 Å². The number of rotatable bonds is 2. The van der Waals surface area contributed by atoms with Crippen LogP contribution in [-0.2, 0) is 0 Å². The minimum absolute atomic E-state index is 0.212. The first kappa shape index (κ1) is 13.9. The number of ether oxygens (including phenoxy) is 2. The first-order valence-electron chi connectivity index (χ1n) is 6.48. The summed E-state index contributed by atoms with van der Waals surface area (Å²) in [6.07, 6.45) is 0. The third-order valence-corrected chi connectivity index (χ3v) is 3.89. The van der Waals surface area contributed by atoms with Crippen LogP contribution < -0.4 is 14.8 Å². The first-order valence-corrected chi connectivity index (χ1v) is 7.27. The molecular formula is C14H14BrN3O3. The maximum atomic E-state index is 12.4. The molecule has 2 N–H and O–H groups in total. The SMILES string of the molecule is Cc1n[nH]c(C)c1C(=O)Nc1cc2c(cc1Br)OCCO2. The van der Waals surface area contributed by atoms with E-state index in [1.165, 1.54) is 0 Å². The molecule has 0 spiro atoms. The predicted molar refractivity (Wildman–Crippen MR) is 81.1 cm³/mol. The molecule has 1 amide bonds. The number of hydrogen-bond donors (Lipinski definition) is 2. The lowest BCUT2D eigenvalue weighted by atomic mass is 10.2. The highest BCUT2D eigenvalue weighted by Gasteiger charge is 2.19. The van der Waals surface area contributed by atoms with Gasteiger partial charge >= 0.3 is 0 Å². The van der Waals surface area contributed by atoms with E-state index in [1.54, 1.807) is 19.1 Å². The summed E-state index contributed by atoms with van der Waals surface area (Å²) in [7, 11) is 0. The van der Waals surface area contributed by atoms with Crippen molar-refractivity contribution in [3.05, 3.63) is 33.6 Å². The Labute approximate surface area is 130 Å². The Morgan fingerprint density at radius 1 is 1.29 bits per heavy atom. The Hall–Kier alpha value is -2.02. The van der Waals surface area contributed by atoms with Crippen LogP contribution in [0.3, 0.4) is 0 Å². The van der Waals surface area contributed by atoms with Gasteiger partial charge in [-0.05, 0) is 29.8 Å². The predicted octanol–water partition coefficient (Wildman–Crippen LogP) is 2.81. The molecule has 3 rings (SSSR count). The summed E-state index contributed by atoms with van der Waals surface area (Å²) >= 11 is 3.43. The average Bonchev–Trinajstić information content (AvgIpc) is 2.79. The van der Waals surface area contributed by atoms with Crippen LogP contribution in [0.5, 0.6) is 11.5 Å². The molecule has 1 aromatic heterocycles. The van der Waals surface area contributed by atoms with Crippen LogP contribution in [-0.4, -0.2) is 29.3 Å². The van der Waals surface area contributed by atoms with Crippen molar-refractivity contribution >= 4 is 27.5 Å². The molecule has 0 saturated carbocycles. The van der Waals surface area contributed by atoms with Gasteiger partial charge in [0.05, 0.1) is 16.9 Å². The highest BCUT2D eigenvalue weighted by molar-refractivity contribution is 9.10. The van der Waals surface area contributed by atoms with Gasteiger partial charge in [-0.25, -0.2) is 0 Å². The fraction of sp³-hybridized carbons (Fsp3) is 0.286. The summed E-state index contributed by atoms with van der Waals surface area (Å²) in [5.74, 6) is 1.08. The number of fused-ring (bicyclic) bond motifs is 1. The van der Waals surface area contributed by atoms with Crippen molar-refractivity contribution in [1.29, 1.82) is 0 Å². The Kier molecular flexibility index (Phi) is 3.59. The number of aromatic nitrogens is 2. The van der Waals surface area contributed by atoms with Gasteiger partial charge in [0.2, 0.25) is 0 Å². The standard InChI is InChI=1S/C14H14BrN3O3/c1-7-13(8(2)18-17-7)14(19)16-10-6-12-11(5-9(10)15)20-3-4-21-12/h5-6H,3-4H2,1-2H3,(H,16,19)(H,17,18). The van der Waals surface area contributed by atoms with Gasteiger partial charge in [0.25, 0.3) is 5.91 Å². The Morgan fingerprint density at radius 3 is 2.57 bits per heavy atom. The second kappa shape index (κ2) is 5.40. The number of nitrogens with one attached hydrogen (secondary N) is 2. The van der Waals surface area contributed by atoms with E-state index in [4.69, 9.17) is 9.47 Å². The molecule has 7 heteroatoms. The molecule has 0 radical (unpaired) electrons. The number of hydrogen-bond acceptors (Lipinski definition) is 4. The fourth-order valence-electron chi connectivity index (χ4n) is 2.23. The third-order valence-electron chi connectivity index (χ3n) is 3.24. The number of aromatic amines is 1. The number of carbonyl (C=O) groups excluding carboxylic acids is 1. The van der Waals surface area contributed by atoms with Crippen LogP contribution in [0.25, 0.3) is 0 Å². The van der Waals surface area contributed by atoms with E-state index in [9.17, 15) is 4.79 Å². The van der Waals surface area contributed by atoms with E-state index in [1.807, 2.05) is 6.92 Å². The molecule has 0 fully saturated rings. The van der Waals surface area contributed by atoms with Crippen molar-refractivity contribution in [3.63, 3.8) is 0 Å². The fourth-order valence-corrected chi connectivity index (χ4v) is 2.65. The van der Waals surface area contributed by atoms with Gasteiger partial charge in [-0.15, -0.1) is 0 Å². The zero-order valence-corrected chi connectivity index (χ0v) is 13.2. The zero-order valence-electron chi connectivity index (χ0n) is 11.6. The summed E-state index contributed by atoms with van der Waals surface area (Å²) < 4.78 is 11.8. The number of carbonyl (C=O) groups is 1. The van der Waals surface area contributed by atoms with Crippen LogP contribution in [0.1, 0.15) is 21.7 Å². The number of amides is 1. The molecule has 0 saturated heterocycles. The van der Waals surface area contributed by atoms with E-state index in [0.29, 0.717) is 41.7 Å². The molecule has 6 nitrogen and oxygen atoms in total. The number of H-pyrrole nitrogens is 1. The van der Waals surface area contributed by atoms with Gasteiger partial charge in [-0.1, -0.05) is 0 Å². The summed E-state index contributed by atoms with van der Waals surface area (Å²) in [6.45, 7) is 4.63. The summed E-state index contributed by atoms with van der Waals surface area (Å²) in [5, 5.41) is 9.69.